The summed E-state index contributed by atoms with van der Waals surface area (Å²) in [5, 5.41) is 8.52. The van der Waals surface area contributed by atoms with E-state index in [1.54, 1.807) is 12.4 Å². The van der Waals surface area contributed by atoms with Gasteiger partial charge in [-0.15, -0.1) is 0 Å². The number of thiol groups is 1. The molecule has 0 bridgehead atoms. The summed E-state index contributed by atoms with van der Waals surface area (Å²) in [5.41, 5.74) is 13.2. The fraction of sp³-hybridized carbons (Fsp3) is 0.486. The van der Waals surface area contributed by atoms with E-state index in [0.29, 0.717) is 50.1 Å². The van der Waals surface area contributed by atoms with Crippen LogP contribution >= 0.6 is 12.6 Å². The van der Waals surface area contributed by atoms with Crippen molar-refractivity contribution in [2.45, 2.75) is 76.9 Å². The van der Waals surface area contributed by atoms with Crippen molar-refractivity contribution < 1.29 is 24.0 Å². The van der Waals surface area contributed by atoms with Gasteiger partial charge in [-0.1, -0.05) is 49.4 Å². The Morgan fingerprint density at radius 1 is 0.917 bits per heavy atom. The zero-order valence-corrected chi connectivity index (χ0v) is 28.6. The second-order valence-corrected chi connectivity index (χ2v) is 12.3. The van der Waals surface area contributed by atoms with Crippen LogP contribution in [0.15, 0.2) is 67.1 Å². The maximum Gasteiger partial charge on any atom is 0.312 e. The maximum atomic E-state index is 13.7. The first-order chi connectivity index (χ1) is 23.1. The van der Waals surface area contributed by atoms with Gasteiger partial charge in [0.25, 0.3) is 0 Å². The van der Waals surface area contributed by atoms with Crippen molar-refractivity contribution in [3.8, 4) is 0 Å². The Morgan fingerprint density at radius 3 is 2.33 bits per heavy atom. The van der Waals surface area contributed by atoms with Gasteiger partial charge in [-0.05, 0) is 61.5 Å². The average Bonchev–Trinajstić information content (AvgIpc) is 3.06. The fourth-order valence-corrected chi connectivity index (χ4v) is 5.29. The van der Waals surface area contributed by atoms with Gasteiger partial charge < -0.3 is 32.3 Å². The molecule has 0 radical (unpaired) electrons. The highest BCUT2D eigenvalue weighted by Gasteiger charge is 2.28. The molecule has 0 saturated heterocycles. The molecule has 262 valence electrons. The largest absolute Gasteiger partial charge is 0.403 e. The number of primary amides is 1. The lowest BCUT2D eigenvalue weighted by Gasteiger charge is -2.25. The van der Waals surface area contributed by atoms with Crippen molar-refractivity contribution in [1.29, 1.82) is 0 Å². The molecule has 2 aromatic rings. The number of hydrogen-bond donors (Lipinski definition) is 6. The molecular formula is C35H51N7O5S. The van der Waals surface area contributed by atoms with Crippen LogP contribution in [0.3, 0.4) is 0 Å². The lowest BCUT2D eigenvalue weighted by atomic mass is 9.93. The van der Waals surface area contributed by atoms with Crippen LogP contribution in [0.1, 0.15) is 68.9 Å². The van der Waals surface area contributed by atoms with Gasteiger partial charge in [0, 0.05) is 56.5 Å². The van der Waals surface area contributed by atoms with E-state index in [-0.39, 0.29) is 62.9 Å². The van der Waals surface area contributed by atoms with Crippen molar-refractivity contribution in [3.05, 3.63) is 78.3 Å². The first-order valence-corrected chi connectivity index (χ1v) is 17.1. The highest BCUT2D eigenvalue weighted by molar-refractivity contribution is 7.80. The van der Waals surface area contributed by atoms with Gasteiger partial charge in [0.15, 0.2) is 11.6 Å². The Morgan fingerprint density at radius 2 is 1.67 bits per heavy atom. The number of nitrogens with one attached hydrogen (secondary N) is 3. The molecule has 48 heavy (non-hydrogen) atoms. The number of benzene rings is 1. The molecular weight excluding hydrogens is 630 g/mol. The minimum atomic E-state index is -0.784. The standard InChI is InChI=1S/C35H51N7O5S/c1-26(36)10-5-6-15-31(32(44)16-9-19-48)41-34(46)29(14-8-18-40-35(37)47)20-30(43)25-42(24-27-11-3-2-4-12-27)33(45)23-39-22-28-13-7-17-38-21-28/h2-4,7,11-13,17,21,29,31,39,48H,1,5-6,8-10,14-16,18-20,22-25,36H2,(H,41,46)(H3,37,40,47). The number of carbonyl (C=O) groups is 5. The molecule has 1 aromatic heterocycles. The Labute approximate surface area is 289 Å². The van der Waals surface area contributed by atoms with Gasteiger partial charge in [-0.3, -0.25) is 24.2 Å². The minimum absolute atomic E-state index is 0.00525. The fourth-order valence-electron chi connectivity index (χ4n) is 5.13. The first-order valence-electron chi connectivity index (χ1n) is 16.4. The highest BCUT2D eigenvalue weighted by atomic mass is 32.1. The third-order valence-corrected chi connectivity index (χ3v) is 7.98. The number of unbranched alkanes of at least 4 members (excludes halogenated alkanes) is 1. The summed E-state index contributed by atoms with van der Waals surface area (Å²) in [5.74, 6) is -1.32. The zero-order chi connectivity index (χ0) is 35.1. The second kappa shape index (κ2) is 23.2. The van der Waals surface area contributed by atoms with Crippen LogP contribution in [0.4, 0.5) is 4.79 Å². The lowest BCUT2D eigenvalue weighted by molar-refractivity contribution is -0.137. The molecule has 12 nitrogen and oxygen atoms in total. The van der Waals surface area contributed by atoms with E-state index in [1.165, 1.54) is 4.90 Å². The number of ketones is 2. The molecule has 2 rings (SSSR count). The Kier molecular flexibility index (Phi) is 19.3. The minimum Gasteiger partial charge on any atom is -0.403 e. The van der Waals surface area contributed by atoms with Crippen molar-refractivity contribution >= 4 is 42.0 Å². The molecule has 1 heterocycles. The highest BCUT2D eigenvalue weighted by Crippen LogP contribution is 2.17. The summed E-state index contributed by atoms with van der Waals surface area (Å²) in [6.07, 6.45) is 7.18. The number of pyridine rings is 1. The second-order valence-electron chi connectivity index (χ2n) is 11.8. The van der Waals surface area contributed by atoms with E-state index in [2.05, 4.69) is 40.1 Å². The summed E-state index contributed by atoms with van der Waals surface area (Å²) in [6, 6.07) is 11.7. The van der Waals surface area contributed by atoms with Crippen LogP contribution in [-0.4, -0.2) is 70.7 Å². The van der Waals surface area contributed by atoms with Gasteiger partial charge in [0.1, 0.15) is 0 Å². The number of Topliss-reactive ketones (excluding diaryl/α,β-unsaturated/α-hetero) is 2. The average molecular weight is 682 g/mol. The molecule has 2 unspecified atom stereocenters. The topological polar surface area (TPSA) is 190 Å². The van der Waals surface area contributed by atoms with Crippen LogP contribution in [-0.2, 0) is 32.3 Å². The Bertz CT molecular complexity index is 1310. The van der Waals surface area contributed by atoms with Gasteiger partial charge in [-0.2, -0.15) is 12.6 Å². The quantitative estimate of drug-likeness (QED) is 0.0681. The van der Waals surface area contributed by atoms with Crippen LogP contribution in [0.2, 0.25) is 0 Å². The number of carbonyl (C=O) groups excluding carboxylic acids is 5. The third kappa shape index (κ3) is 17.1. The molecule has 13 heteroatoms. The summed E-state index contributed by atoms with van der Waals surface area (Å²) in [7, 11) is 0. The zero-order valence-electron chi connectivity index (χ0n) is 27.7. The number of urea groups is 1. The van der Waals surface area contributed by atoms with Crippen LogP contribution in [0, 0.1) is 5.92 Å². The van der Waals surface area contributed by atoms with Gasteiger partial charge in [0.2, 0.25) is 11.8 Å². The molecule has 4 amide bonds. The third-order valence-electron chi connectivity index (χ3n) is 7.66. The molecule has 1 aromatic carbocycles. The smallest absolute Gasteiger partial charge is 0.312 e. The number of hydrogen-bond acceptors (Lipinski definition) is 9. The molecule has 0 aliphatic heterocycles. The van der Waals surface area contributed by atoms with E-state index in [0.717, 1.165) is 17.5 Å². The van der Waals surface area contributed by atoms with Gasteiger partial charge in [0.05, 0.1) is 19.1 Å². The molecule has 0 aliphatic carbocycles. The van der Waals surface area contributed by atoms with E-state index in [1.807, 2.05) is 42.5 Å². The number of nitrogens with zero attached hydrogens (tertiary/aromatic N) is 2. The van der Waals surface area contributed by atoms with E-state index in [4.69, 9.17) is 11.5 Å². The predicted molar refractivity (Wildman–Crippen MR) is 190 cm³/mol. The predicted octanol–water partition coefficient (Wildman–Crippen LogP) is 3.02. The molecule has 0 spiro atoms. The molecule has 0 fully saturated rings. The lowest BCUT2D eigenvalue weighted by Crippen LogP contribution is -2.45. The maximum absolute atomic E-state index is 13.7. The van der Waals surface area contributed by atoms with Crippen molar-refractivity contribution in [3.63, 3.8) is 0 Å². The summed E-state index contributed by atoms with van der Waals surface area (Å²) in [4.78, 5) is 70.4. The van der Waals surface area contributed by atoms with Crippen molar-refractivity contribution in [2.75, 3.05) is 25.4 Å². The molecule has 7 N–H and O–H groups in total. The molecule has 2 atom stereocenters. The van der Waals surface area contributed by atoms with E-state index >= 15 is 0 Å². The number of nitrogens with two attached hydrogens (primary N) is 2. The summed E-state index contributed by atoms with van der Waals surface area (Å²) >= 11 is 4.21. The van der Waals surface area contributed by atoms with E-state index in [9.17, 15) is 24.0 Å². The molecule has 0 saturated carbocycles. The van der Waals surface area contributed by atoms with Crippen LogP contribution < -0.4 is 27.4 Å². The summed E-state index contributed by atoms with van der Waals surface area (Å²) in [6.45, 7) is 4.40. The van der Waals surface area contributed by atoms with Gasteiger partial charge >= 0.3 is 6.03 Å². The normalized spacial score (nSPS) is 12.0. The van der Waals surface area contributed by atoms with Crippen molar-refractivity contribution in [1.82, 2.24) is 25.8 Å². The number of rotatable bonds is 25. The SMILES string of the molecule is C=C(N)CCCCC(NC(=O)C(CCCNC(N)=O)CC(=O)CN(Cc1ccccc1)C(=O)CNCc1cccnc1)C(=O)CCCS. The van der Waals surface area contributed by atoms with Gasteiger partial charge in [-0.25, -0.2) is 4.79 Å². The van der Waals surface area contributed by atoms with Crippen LogP contribution in [0.5, 0.6) is 0 Å². The number of aromatic nitrogens is 1. The van der Waals surface area contributed by atoms with Crippen LogP contribution in [0.25, 0.3) is 0 Å². The van der Waals surface area contributed by atoms with E-state index < -0.39 is 23.9 Å². The Balaban J connectivity index is 2.15. The first kappa shape index (κ1) is 39.9. The monoisotopic (exact) mass is 681 g/mol. The summed E-state index contributed by atoms with van der Waals surface area (Å²) < 4.78 is 0. The molecule has 0 aliphatic rings. The number of amides is 4. The Hall–Kier alpha value is -4.23. The number of allylic oxidation sites excluding steroid dienone is 1. The van der Waals surface area contributed by atoms with Crippen molar-refractivity contribution in [2.24, 2.45) is 17.4 Å².